The zero-order valence-electron chi connectivity index (χ0n) is 10.9. The van der Waals surface area contributed by atoms with Gasteiger partial charge in [0.2, 0.25) is 5.91 Å². The number of rotatable bonds is 5. The fraction of sp³-hybridized carbons (Fsp3) is 0.308. The van der Waals surface area contributed by atoms with Crippen LogP contribution in [0.25, 0.3) is 0 Å². The van der Waals surface area contributed by atoms with E-state index in [4.69, 9.17) is 0 Å². The number of benzene rings is 1. The topological polar surface area (TPSA) is 78.5 Å². The zero-order valence-corrected chi connectivity index (χ0v) is 12.5. The first kappa shape index (κ1) is 14.7. The maximum atomic E-state index is 12.1. The molecule has 0 spiro atoms. The van der Waals surface area contributed by atoms with Gasteiger partial charge in [0.05, 0.1) is 11.1 Å². The first-order valence-corrected chi connectivity index (χ1v) is 6.91. The van der Waals surface area contributed by atoms with E-state index >= 15 is 0 Å². The molecular weight excluding hydrogens is 326 g/mol. The fourth-order valence-electron chi connectivity index (χ4n) is 1.93. The number of amides is 3. The van der Waals surface area contributed by atoms with Crippen molar-refractivity contribution in [2.24, 2.45) is 0 Å². The summed E-state index contributed by atoms with van der Waals surface area (Å²) in [5, 5.41) is 5.52. The van der Waals surface area contributed by atoms with E-state index in [9.17, 15) is 14.4 Å². The third kappa shape index (κ3) is 2.88. The lowest BCUT2D eigenvalue weighted by Gasteiger charge is -2.13. The summed E-state index contributed by atoms with van der Waals surface area (Å²) >= 11 is 3.26. The highest BCUT2D eigenvalue weighted by Gasteiger charge is 2.36. The smallest absolute Gasteiger partial charge is 0.262 e. The van der Waals surface area contributed by atoms with Gasteiger partial charge in [-0.2, -0.15) is 0 Å². The van der Waals surface area contributed by atoms with Crippen LogP contribution in [0.4, 0.5) is 0 Å². The quantitative estimate of drug-likeness (QED) is 0.600. The average molecular weight is 340 g/mol. The highest BCUT2D eigenvalue weighted by Crippen LogP contribution is 2.25. The molecule has 1 aromatic carbocycles. The Morgan fingerprint density at radius 2 is 1.90 bits per heavy atom. The lowest BCUT2D eigenvalue weighted by Crippen LogP contribution is -2.41. The van der Waals surface area contributed by atoms with E-state index in [0.29, 0.717) is 24.2 Å². The van der Waals surface area contributed by atoms with Crippen molar-refractivity contribution >= 4 is 33.7 Å². The second kappa shape index (κ2) is 6.15. The second-order valence-electron chi connectivity index (χ2n) is 4.34. The van der Waals surface area contributed by atoms with E-state index in [1.807, 2.05) is 0 Å². The molecule has 1 aromatic rings. The van der Waals surface area contributed by atoms with Gasteiger partial charge in [-0.05, 0) is 25.2 Å². The van der Waals surface area contributed by atoms with Crippen LogP contribution in [0.1, 0.15) is 20.7 Å². The van der Waals surface area contributed by atoms with Crippen LogP contribution in [0, 0.1) is 0 Å². The SMILES string of the molecule is CNCCNC(=O)CN1C(=O)c2ccc(Br)cc2C1=O. The van der Waals surface area contributed by atoms with Crippen molar-refractivity contribution in [1.82, 2.24) is 15.5 Å². The van der Waals surface area contributed by atoms with Crippen molar-refractivity contribution in [2.45, 2.75) is 0 Å². The number of carbonyl (C=O) groups is 3. The number of nitrogens with one attached hydrogen (secondary N) is 2. The van der Waals surface area contributed by atoms with Gasteiger partial charge < -0.3 is 10.6 Å². The van der Waals surface area contributed by atoms with E-state index in [2.05, 4.69) is 26.6 Å². The van der Waals surface area contributed by atoms with Crippen molar-refractivity contribution < 1.29 is 14.4 Å². The molecule has 1 aliphatic heterocycles. The summed E-state index contributed by atoms with van der Waals surface area (Å²) in [6.45, 7) is 0.818. The number of hydrogen-bond donors (Lipinski definition) is 2. The van der Waals surface area contributed by atoms with E-state index in [0.717, 1.165) is 9.37 Å². The molecule has 0 atom stereocenters. The molecular formula is C13H14BrN3O3. The summed E-state index contributed by atoms with van der Waals surface area (Å²) in [7, 11) is 1.77. The van der Waals surface area contributed by atoms with Crippen LogP contribution in [-0.4, -0.2) is 49.3 Å². The number of halogens is 1. The van der Waals surface area contributed by atoms with Crippen molar-refractivity contribution in [3.05, 3.63) is 33.8 Å². The number of likely N-dealkylation sites (N-methyl/N-ethyl adjacent to an activating group) is 1. The van der Waals surface area contributed by atoms with Gasteiger partial charge >= 0.3 is 0 Å². The molecule has 2 N–H and O–H groups in total. The molecule has 0 unspecified atom stereocenters. The summed E-state index contributed by atoms with van der Waals surface area (Å²) in [5.41, 5.74) is 0.661. The van der Waals surface area contributed by atoms with Gasteiger partial charge in [0.1, 0.15) is 6.54 Å². The summed E-state index contributed by atoms with van der Waals surface area (Å²) in [5.74, 6) is -1.22. The first-order chi connectivity index (χ1) is 9.54. The predicted molar refractivity (Wildman–Crippen MR) is 76.4 cm³/mol. The molecule has 7 heteroatoms. The molecule has 3 amide bonds. The number of carbonyl (C=O) groups excluding carboxylic acids is 3. The molecule has 1 aliphatic rings. The van der Waals surface area contributed by atoms with Crippen LogP contribution in [0.5, 0.6) is 0 Å². The monoisotopic (exact) mass is 339 g/mol. The van der Waals surface area contributed by atoms with Crippen molar-refractivity contribution in [3.8, 4) is 0 Å². The lowest BCUT2D eigenvalue weighted by atomic mass is 10.1. The molecule has 0 saturated carbocycles. The van der Waals surface area contributed by atoms with Gasteiger partial charge in [-0.3, -0.25) is 19.3 Å². The van der Waals surface area contributed by atoms with E-state index in [1.165, 1.54) is 0 Å². The average Bonchev–Trinajstić information content (AvgIpc) is 2.64. The van der Waals surface area contributed by atoms with E-state index < -0.39 is 11.8 Å². The highest BCUT2D eigenvalue weighted by atomic mass is 79.9. The van der Waals surface area contributed by atoms with Crippen molar-refractivity contribution in [1.29, 1.82) is 0 Å². The summed E-state index contributed by atoms with van der Waals surface area (Å²) in [6, 6.07) is 4.87. The number of fused-ring (bicyclic) bond motifs is 1. The standard InChI is InChI=1S/C13H14BrN3O3/c1-15-4-5-16-11(18)7-17-12(19)9-3-2-8(14)6-10(9)13(17)20/h2-3,6,15H,4-5,7H2,1H3,(H,16,18). The van der Waals surface area contributed by atoms with Crippen LogP contribution in [0.3, 0.4) is 0 Å². The lowest BCUT2D eigenvalue weighted by molar-refractivity contribution is -0.121. The summed E-state index contributed by atoms with van der Waals surface area (Å²) in [6.07, 6.45) is 0. The Kier molecular flexibility index (Phi) is 4.51. The summed E-state index contributed by atoms with van der Waals surface area (Å²) < 4.78 is 0.720. The molecule has 1 heterocycles. The fourth-order valence-corrected chi connectivity index (χ4v) is 2.29. The number of nitrogens with zero attached hydrogens (tertiary/aromatic N) is 1. The Morgan fingerprint density at radius 3 is 2.60 bits per heavy atom. The number of hydrogen-bond acceptors (Lipinski definition) is 4. The van der Waals surface area contributed by atoms with E-state index in [1.54, 1.807) is 25.2 Å². The molecule has 0 fully saturated rings. The third-order valence-electron chi connectivity index (χ3n) is 2.93. The zero-order chi connectivity index (χ0) is 14.7. The molecule has 0 aromatic heterocycles. The van der Waals surface area contributed by atoms with Crippen LogP contribution in [0.15, 0.2) is 22.7 Å². The molecule has 6 nitrogen and oxygen atoms in total. The van der Waals surface area contributed by atoms with Crippen LogP contribution < -0.4 is 10.6 Å². The molecule has 20 heavy (non-hydrogen) atoms. The van der Waals surface area contributed by atoms with Crippen LogP contribution >= 0.6 is 15.9 Å². The van der Waals surface area contributed by atoms with Gasteiger partial charge in [0.15, 0.2) is 0 Å². The Bertz CT molecular complexity index is 574. The molecule has 2 rings (SSSR count). The van der Waals surface area contributed by atoms with Crippen molar-refractivity contribution in [3.63, 3.8) is 0 Å². The Hall–Kier alpha value is -1.73. The first-order valence-electron chi connectivity index (χ1n) is 6.11. The van der Waals surface area contributed by atoms with Crippen LogP contribution in [0.2, 0.25) is 0 Å². The van der Waals surface area contributed by atoms with Crippen molar-refractivity contribution in [2.75, 3.05) is 26.7 Å². The molecule has 106 valence electrons. The van der Waals surface area contributed by atoms with Gasteiger partial charge in [-0.15, -0.1) is 0 Å². The Morgan fingerprint density at radius 1 is 1.20 bits per heavy atom. The normalized spacial score (nSPS) is 13.6. The van der Waals surface area contributed by atoms with Gasteiger partial charge in [0, 0.05) is 17.6 Å². The Balaban J connectivity index is 2.07. The Labute approximate surface area is 124 Å². The minimum atomic E-state index is -0.435. The second-order valence-corrected chi connectivity index (χ2v) is 5.26. The largest absolute Gasteiger partial charge is 0.353 e. The predicted octanol–water partition coefficient (Wildman–Crippen LogP) is 0.381. The summed E-state index contributed by atoms with van der Waals surface area (Å²) in [4.78, 5) is 36.9. The van der Waals surface area contributed by atoms with Gasteiger partial charge in [-0.1, -0.05) is 15.9 Å². The van der Waals surface area contributed by atoms with Crippen LogP contribution in [-0.2, 0) is 4.79 Å². The highest BCUT2D eigenvalue weighted by molar-refractivity contribution is 9.10. The minimum Gasteiger partial charge on any atom is -0.353 e. The third-order valence-corrected chi connectivity index (χ3v) is 3.42. The molecule has 0 bridgehead atoms. The molecule has 0 radical (unpaired) electrons. The maximum Gasteiger partial charge on any atom is 0.262 e. The molecule has 0 aliphatic carbocycles. The van der Waals surface area contributed by atoms with E-state index in [-0.39, 0.29) is 12.5 Å². The maximum absolute atomic E-state index is 12.1. The van der Waals surface area contributed by atoms with Gasteiger partial charge in [0.25, 0.3) is 11.8 Å². The van der Waals surface area contributed by atoms with Gasteiger partial charge in [-0.25, -0.2) is 0 Å². The minimum absolute atomic E-state index is 0.256. The molecule has 0 saturated heterocycles. The number of imide groups is 1.